The highest BCUT2D eigenvalue weighted by Crippen LogP contribution is 3.05. The summed E-state index contributed by atoms with van der Waals surface area (Å²) >= 11 is 0. The minimum Gasteiger partial charge on any atom is -0.0648 e. The van der Waals surface area contributed by atoms with Crippen molar-refractivity contribution < 1.29 is 0 Å². The molecule has 0 saturated heterocycles. The number of hydrogen-bond acceptors (Lipinski definition) is 0. The predicted molar refractivity (Wildman–Crippen MR) is 32.4 cm³/mol. The molecule has 0 N–H and O–H groups in total. The van der Waals surface area contributed by atoms with E-state index >= 15 is 0 Å². The number of hydrogen-bond donors (Lipinski definition) is 0. The van der Waals surface area contributed by atoms with E-state index in [9.17, 15) is 0 Å². The van der Waals surface area contributed by atoms with E-state index < -0.39 is 0 Å². The molecule has 0 aromatic rings. The molecule has 4 aliphatic carbocycles. The second-order valence-electron chi connectivity index (χ2n) is 4.10. The normalized spacial score (nSPS) is 80.2. The Bertz CT molecular complexity index is 173. The molecule has 0 aliphatic heterocycles. The van der Waals surface area contributed by atoms with Gasteiger partial charge in [0.1, 0.15) is 0 Å². The van der Waals surface area contributed by atoms with E-state index in [1.165, 1.54) is 18.3 Å². The standard InChI is InChI=1S/C8H12/c1-3-8-5-4-7(8,2)6(5)8/h5-6H,3-4H2,1-2H3. The van der Waals surface area contributed by atoms with Gasteiger partial charge in [0.2, 0.25) is 0 Å². The molecule has 0 spiro atoms. The van der Waals surface area contributed by atoms with Gasteiger partial charge in [-0.25, -0.2) is 0 Å². The lowest BCUT2D eigenvalue weighted by molar-refractivity contribution is 0.0760. The van der Waals surface area contributed by atoms with Crippen molar-refractivity contribution in [3.63, 3.8) is 0 Å². The topological polar surface area (TPSA) is 0 Å². The molecule has 4 fully saturated rings. The maximum Gasteiger partial charge on any atom is -0.0175 e. The molecule has 0 radical (unpaired) electrons. The maximum absolute atomic E-state index is 2.47. The molecule has 4 atom stereocenters. The average molecular weight is 108 g/mol. The Hall–Kier alpha value is 0. The first-order chi connectivity index (χ1) is 3.77. The van der Waals surface area contributed by atoms with Crippen molar-refractivity contribution in [3.8, 4) is 0 Å². The van der Waals surface area contributed by atoms with Gasteiger partial charge in [-0.05, 0) is 35.5 Å². The van der Waals surface area contributed by atoms with E-state index in [0.29, 0.717) is 0 Å². The van der Waals surface area contributed by atoms with Gasteiger partial charge < -0.3 is 0 Å². The summed E-state index contributed by atoms with van der Waals surface area (Å²) in [6.07, 6.45) is 3.05. The minimum atomic E-state index is 0.895. The lowest BCUT2D eigenvalue weighted by Crippen LogP contribution is -2.34. The SMILES string of the molecule is CCC12C3CC1(C)C32. The van der Waals surface area contributed by atoms with Crippen molar-refractivity contribution in [3.05, 3.63) is 0 Å². The van der Waals surface area contributed by atoms with E-state index in [1.54, 1.807) is 6.42 Å². The third kappa shape index (κ3) is 0.122. The van der Waals surface area contributed by atoms with Crippen molar-refractivity contribution in [2.24, 2.45) is 22.7 Å². The molecule has 4 unspecified atom stereocenters. The summed E-state index contributed by atoms with van der Waals surface area (Å²) in [5.74, 6) is 2.44. The van der Waals surface area contributed by atoms with Crippen LogP contribution in [-0.2, 0) is 0 Å². The molecule has 4 aliphatic rings. The smallest absolute Gasteiger partial charge is 0.0175 e. The maximum atomic E-state index is 2.47. The third-order valence-electron chi connectivity index (χ3n) is 4.41. The van der Waals surface area contributed by atoms with Gasteiger partial charge >= 0.3 is 0 Å². The zero-order valence-electron chi connectivity index (χ0n) is 5.57. The molecule has 0 nitrogen and oxygen atoms in total. The van der Waals surface area contributed by atoms with Crippen LogP contribution in [-0.4, -0.2) is 0 Å². The van der Waals surface area contributed by atoms with Crippen LogP contribution in [0.5, 0.6) is 0 Å². The fourth-order valence-corrected chi connectivity index (χ4v) is 3.79. The van der Waals surface area contributed by atoms with E-state index in [0.717, 1.165) is 10.8 Å². The van der Waals surface area contributed by atoms with E-state index in [4.69, 9.17) is 0 Å². The summed E-state index contributed by atoms with van der Waals surface area (Å²) in [6.45, 7) is 4.83. The molecule has 2 bridgehead atoms. The van der Waals surface area contributed by atoms with Gasteiger partial charge in [-0.15, -0.1) is 0 Å². The van der Waals surface area contributed by atoms with E-state index in [-0.39, 0.29) is 0 Å². The molecule has 0 aromatic heterocycles. The highest BCUT2D eigenvalue weighted by molar-refractivity contribution is 5.47. The zero-order chi connectivity index (χ0) is 5.57. The van der Waals surface area contributed by atoms with Gasteiger partial charge in [0, 0.05) is 0 Å². The van der Waals surface area contributed by atoms with Crippen LogP contribution in [0.25, 0.3) is 0 Å². The van der Waals surface area contributed by atoms with Crippen LogP contribution >= 0.6 is 0 Å². The van der Waals surface area contributed by atoms with Crippen molar-refractivity contribution in [1.82, 2.24) is 0 Å². The highest BCUT2D eigenvalue weighted by atomic mass is 15.0. The van der Waals surface area contributed by atoms with Gasteiger partial charge in [0.15, 0.2) is 0 Å². The molecular formula is C8H12. The first kappa shape index (κ1) is 3.92. The minimum absolute atomic E-state index is 0.895. The van der Waals surface area contributed by atoms with Crippen LogP contribution in [0.15, 0.2) is 0 Å². The molecule has 0 heteroatoms. The van der Waals surface area contributed by atoms with Crippen molar-refractivity contribution >= 4 is 0 Å². The Kier molecular flexibility index (Phi) is 0.309. The molecule has 44 valence electrons. The van der Waals surface area contributed by atoms with Crippen molar-refractivity contribution in [2.45, 2.75) is 26.7 Å². The van der Waals surface area contributed by atoms with Crippen LogP contribution in [0.4, 0.5) is 0 Å². The van der Waals surface area contributed by atoms with E-state index in [2.05, 4.69) is 13.8 Å². The molecule has 0 amide bonds. The summed E-state index contributed by atoms with van der Waals surface area (Å²) in [6, 6.07) is 0. The monoisotopic (exact) mass is 108 g/mol. The first-order valence-electron chi connectivity index (χ1n) is 3.77. The fraction of sp³-hybridized carbons (Fsp3) is 1.00. The van der Waals surface area contributed by atoms with Gasteiger partial charge in [0.05, 0.1) is 0 Å². The van der Waals surface area contributed by atoms with Crippen molar-refractivity contribution in [2.75, 3.05) is 0 Å². The van der Waals surface area contributed by atoms with Crippen LogP contribution in [0.1, 0.15) is 26.7 Å². The highest BCUT2D eigenvalue weighted by Gasteiger charge is 3.00. The molecular weight excluding hydrogens is 96.1 g/mol. The molecule has 4 rings (SSSR count). The van der Waals surface area contributed by atoms with Gasteiger partial charge in [-0.1, -0.05) is 13.8 Å². The average Bonchev–Trinajstić information content (AvgIpc) is 2.47. The summed E-state index contributed by atoms with van der Waals surface area (Å²) < 4.78 is 0. The summed E-state index contributed by atoms with van der Waals surface area (Å²) in [4.78, 5) is 0. The second kappa shape index (κ2) is 0.630. The molecule has 4 saturated carbocycles. The van der Waals surface area contributed by atoms with Crippen LogP contribution in [0.3, 0.4) is 0 Å². The van der Waals surface area contributed by atoms with E-state index in [1.807, 2.05) is 0 Å². The molecule has 0 heterocycles. The summed E-state index contributed by atoms with van der Waals surface area (Å²) in [5.41, 5.74) is 1.85. The largest absolute Gasteiger partial charge is 0.0648 e. The molecule has 0 aromatic carbocycles. The van der Waals surface area contributed by atoms with Crippen LogP contribution < -0.4 is 0 Å². The summed E-state index contributed by atoms with van der Waals surface area (Å²) in [5, 5.41) is 0. The Morgan fingerprint density at radius 3 is 2.25 bits per heavy atom. The van der Waals surface area contributed by atoms with Gasteiger partial charge in [-0.3, -0.25) is 0 Å². The van der Waals surface area contributed by atoms with Gasteiger partial charge in [-0.2, -0.15) is 0 Å². The third-order valence-corrected chi connectivity index (χ3v) is 4.41. The summed E-state index contributed by atoms with van der Waals surface area (Å²) in [7, 11) is 0. The Morgan fingerprint density at radius 1 is 1.62 bits per heavy atom. The number of rotatable bonds is 1. The van der Waals surface area contributed by atoms with Crippen LogP contribution in [0, 0.1) is 22.7 Å². The Balaban J connectivity index is 2.02. The fourth-order valence-electron chi connectivity index (χ4n) is 3.79. The first-order valence-corrected chi connectivity index (χ1v) is 3.77. The lowest BCUT2D eigenvalue weighted by atomic mass is 9.63. The second-order valence-corrected chi connectivity index (χ2v) is 4.10. The Labute approximate surface area is 50.3 Å². The quantitative estimate of drug-likeness (QED) is 0.482. The van der Waals surface area contributed by atoms with Crippen molar-refractivity contribution in [1.29, 1.82) is 0 Å². The Morgan fingerprint density at radius 2 is 2.25 bits per heavy atom. The van der Waals surface area contributed by atoms with Gasteiger partial charge in [0.25, 0.3) is 0 Å². The molecule has 8 heavy (non-hydrogen) atoms. The zero-order valence-corrected chi connectivity index (χ0v) is 5.57. The predicted octanol–water partition coefficient (Wildman–Crippen LogP) is 2.05. The lowest BCUT2D eigenvalue weighted by Gasteiger charge is -2.41. The van der Waals surface area contributed by atoms with Crippen LogP contribution in [0.2, 0.25) is 0 Å².